The van der Waals surface area contributed by atoms with Crippen LogP contribution in [0.3, 0.4) is 0 Å². The first-order chi connectivity index (χ1) is 10.9. The Bertz CT molecular complexity index is 771. The summed E-state index contributed by atoms with van der Waals surface area (Å²) in [6, 6.07) is 9.94. The maximum absolute atomic E-state index is 12.2. The fourth-order valence-corrected chi connectivity index (χ4v) is 2.01. The summed E-state index contributed by atoms with van der Waals surface area (Å²) < 4.78 is 4.87. The average molecular weight is 334 g/mol. The molecular formula is C16H12ClNO5. The third-order valence-electron chi connectivity index (χ3n) is 2.84. The molecule has 0 aliphatic heterocycles. The zero-order chi connectivity index (χ0) is 17.0. The van der Waals surface area contributed by atoms with Gasteiger partial charge in [-0.1, -0.05) is 11.6 Å². The number of aromatic carboxylic acids is 1. The molecule has 0 aliphatic rings. The average Bonchev–Trinajstić information content (AvgIpc) is 2.47. The van der Waals surface area contributed by atoms with Gasteiger partial charge >= 0.3 is 11.9 Å². The van der Waals surface area contributed by atoms with E-state index in [1.165, 1.54) is 49.4 Å². The largest absolute Gasteiger partial charge is 0.478 e. The van der Waals surface area contributed by atoms with E-state index in [0.717, 1.165) is 0 Å². The Morgan fingerprint density at radius 3 is 2.30 bits per heavy atom. The molecule has 0 aromatic heterocycles. The highest BCUT2D eigenvalue weighted by molar-refractivity contribution is 6.31. The molecule has 0 spiro atoms. The van der Waals surface area contributed by atoms with Gasteiger partial charge in [-0.3, -0.25) is 9.59 Å². The quantitative estimate of drug-likeness (QED) is 0.662. The molecule has 118 valence electrons. The molecule has 2 N–H and O–H groups in total. The SMILES string of the molecule is CC(=O)Oc1ccc(C(=O)Nc2cc(Cl)ccc2C(=O)O)cc1. The number of nitrogens with one attached hydrogen (secondary N) is 1. The van der Waals surface area contributed by atoms with Gasteiger partial charge in [-0.2, -0.15) is 0 Å². The van der Waals surface area contributed by atoms with E-state index in [0.29, 0.717) is 10.8 Å². The lowest BCUT2D eigenvalue weighted by molar-refractivity contribution is -0.131. The van der Waals surface area contributed by atoms with Crippen LogP contribution in [0.1, 0.15) is 27.6 Å². The number of anilines is 1. The molecule has 0 atom stereocenters. The van der Waals surface area contributed by atoms with Crippen LogP contribution in [-0.4, -0.2) is 23.0 Å². The molecule has 7 heteroatoms. The number of carboxylic acids is 1. The van der Waals surface area contributed by atoms with Crippen LogP contribution < -0.4 is 10.1 Å². The smallest absolute Gasteiger partial charge is 0.337 e. The minimum absolute atomic E-state index is 0.0701. The van der Waals surface area contributed by atoms with Crippen molar-refractivity contribution in [1.82, 2.24) is 0 Å². The molecule has 1 amide bonds. The summed E-state index contributed by atoms with van der Waals surface area (Å²) in [5.74, 6) is -1.85. The van der Waals surface area contributed by atoms with E-state index in [1.54, 1.807) is 0 Å². The number of carbonyl (C=O) groups is 3. The molecule has 2 aromatic carbocycles. The summed E-state index contributed by atoms with van der Waals surface area (Å²) in [5, 5.41) is 11.9. The van der Waals surface area contributed by atoms with Gasteiger partial charge in [0.1, 0.15) is 5.75 Å². The number of carboxylic acid groups (broad SMARTS) is 1. The molecule has 23 heavy (non-hydrogen) atoms. The van der Waals surface area contributed by atoms with Crippen molar-refractivity contribution in [2.45, 2.75) is 6.92 Å². The predicted octanol–water partition coefficient (Wildman–Crippen LogP) is 3.22. The van der Waals surface area contributed by atoms with Gasteiger partial charge in [0.2, 0.25) is 0 Å². The summed E-state index contributed by atoms with van der Waals surface area (Å²) in [6.45, 7) is 1.27. The number of halogens is 1. The summed E-state index contributed by atoms with van der Waals surface area (Å²) in [7, 11) is 0. The van der Waals surface area contributed by atoms with E-state index in [9.17, 15) is 14.4 Å². The Kier molecular flexibility index (Phi) is 4.98. The second kappa shape index (κ2) is 6.93. The molecule has 2 aromatic rings. The third kappa shape index (κ3) is 4.31. The van der Waals surface area contributed by atoms with Crippen LogP contribution in [0.25, 0.3) is 0 Å². The Morgan fingerprint density at radius 1 is 1.09 bits per heavy atom. The predicted molar refractivity (Wildman–Crippen MR) is 84.1 cm³/mol. The summed E-state index contributed by atoms with van der Waals surface area (Å²) in [6.07, 6.45) is 0. The van der Waals surface area contributed by atoms with Crippen molar-refractivity contribution in [2.75, 3.05) is 5.32 Å². The maximum Gasteiger partial charge on any atom is 0.337 e. The third-order valence-corrected chi connectivity index (χ3v) is 3.07. The first-order valence-corrected chi connectivity index (χ1v) is 6.87. The second-order valence-corrected chi connectivity index (χ2v) is 5.00. The van der Waals surface area contributed by atoms with E-state index in [-0.39, 0.29) is 16.8 Å². The number of esters is 1. The number of hydrogen-bond acceptors (Lipinski definition) is 4. The zero-order valence-electron chi connectivity index (χ0n) is 12.0. The Hall–Kier alpha value is -2.86. The standard InChI is InChI=1S/C16H12ClNO5/c1-9(19)23-12-5-2-10(3-6-12)15(20)18-14-8-11(17)4-7-13(14)16(21)22/h2-8H,1H3,(H,18,20)(H,21,22). The highest BCUT2D eigenvalue weighted by Gasteiger charge is 2.14. The van der Waals surface area contributed by atoms with Crippen molar-refractivity contribution in [3.8, 4) is 5.75 Å². The lowest BCUT2D eigenvalue weighted by Crippen LogP contribution is -2.15. The van der Waals surface area contributed by atoms with Crippen LogP contribution in [0.2, 0.25) is 5.02 Å². The van der Waals surface area contributed by atoms with Gasteiger partial charge < -0.3 is 15.2 Å². The monoisotopic (exact) mass is 333 g/mol. The highest BCUT2D eigenvalue weighted by atomic mass is 35.5. The summed E-state index contributed by atoms with van der Waals surface area (Å²) in [4.78, 5) is 34.2. The van der Waals surface area contributed by atoms with Crippen LogP contribution >= 0.6 is 11.6 Å². The molecule has 0 fully saturated rings. The van der Waals surface area contributed by atoms with Crippen molar-refractivity contribution in [1.29, 1.82) is 0 Å². The van der Waals surface area contributed by atoms with E-state index in [4.69, 9.17) is 21.4 Å². The van der Waals surface area contributed by atoms with Gasteiger partial charge in [-0.15, -0.1) is 0 Å². The second-order valence-electron chi connectivity index (χ2n) is 4.57. The molecule has 0 aliphatic carbocycles. The molecule has 0 unspecified atom stereocenters. The van der Waals surface area contributed by atoms with Crippen LogP contribution in [0, 0.1) is 0 Å². The van der Waals surface area contributed by atoms with E-state index in [1.807, 2.05) is 0 Å². The van der Waals surface area contributed by atoms with Gasteiger partial charge in [0.05, 0.1) is 11.3 Å². The molecule has 0 radical (unpaired) electrons. The van der Waals surface area contributed by atoms with Gasteiger partial charge in [0, 0.05) is 17.5 Å². The normalized spacial score (nSPS) is 10.0. The Balaban J connectivity index is 2.20. The number of hydrogen-bond donors (Lipinski definition) is 2. The minimum Gasteiger partial charge on any atom is -0.478 e. The van der Waals surface area contributed by atoms with Crippen molar-refractivity contribution in [3.63, 3.8) is 0 Å². The fourth-order valence-electron chi connectivity index (χ4n) is 1.84. The highest BCUT2D eigenvalue weighted by Crippen LogP contribution is 2.22. The van der Waals surface area contributed by atoms with E-state index < -0.39 is 17.8 Å². The zero-order valence-corrected chi connectivity index (χ0v) is 12.8. The summed E-state index contributed by atoms with van der Waals surface area (Å²) in [5.41, 5.74) is 0.301. The number of carbonyl (C=O) groups excluding carboxylic acids is 2. The topological polar surface area (TPSA) is 92.7 Å². The van der Waals surface area contributed by atoms with Crippen molar-refractivity contribution < 1.29 is 24.2 Å². The lowest BCUT2D eigenvalue weighted by Gasteiger charge is -2.09. The maximum atomic E-state index is 12.2. The number of benzene rings is 2. The molecule has 0 bridgehead atoms. The molecule has 0 saturated carbocycles. The van der Waals surface area contributed by atoms with Crippen LogP contribution in [0.15, 0.2) is 42.5 Å². The molecular weight excluding hydrogens is 322 g/mol. The van der Waals surface area contributed by atoms with Gasteiger partial charge in [0.15, 0.2) is 0 Å². The van der Waals surface area contributed by atoms with Crippen LogP contribution in [0.5, 0.6) is 5.75 Å². The Morgan fingerprint density at radius 2 is 1.74 bits per heavy atom. The summed E-state index contributed by atoms with van der Waals surface area (Å²) >= 11 is 5.83. The van der Waals surface area contributed by atoms with Crippen molar-refractivity contribution in [3.05, 3.63) is 58.6 Å². The van der Waals surface area contributed by atoms with E-state index >= 15 is 0 Å². The molecule has 0 heterocycles. The minimum atomic E-state index is -1.18. The first kappa shape index (κ1) is 16.5. The van der Waals surface area contributed by atoms with Crippen molar-refractivity contribution >= 4 is 35.1 Å². The Labute approximate surface area is 136 Å². The number of ether oxygens (including phenoxy) is 1. The lowest BCUT2D eigenvalue weighted by atomic mass is 10.1. The number of rotatable bonds is 4. The van der Waals surface area contributed by atoms with Crippen LogP contribution in [0.4, 0.5) is 5.69 Å². The number of amides is 1. The molecule has 6 nitrogen and oxygen atoms in total. The first-order valence-electron chi connectivity index (χ1n) is 6.49. The van der Waals surface area contributed by atoms with Crippen LogP contribution in [-0.2, 0) is 4.79 Å². The molecule has 2 rings (SSSR count). The van der Waals surface area contributed by atoms with Gasteiger partial charge in [-0.25, -0.2) is 4.79 Å². The fraction of sp³-hybridized carbons (Fsp3) is 0.0625. The molecule has 0 saturated heterocycles. The van der Waals surface area contributed by atoms with Gasteiger partial charge in [-0.05, 0) is 42.5 Å². The van der Waals surface area contributed by atoms with E-state index in [2.05, 4.69) is 5.32 Å². The van der Waals surface area contributed by atoms with Gasteiger partial charge in [0.25, 0.3) is 5.91 Å². The van der Waals surface area contributed by atoms with Crippen molar-refractivity contribution in [2.24, 2.45) is 0 Å².